The van der Waals surface area contributed by atoms with Gasteiger partial charge in [-0.05, 0) is 0 Å². The van der Waals surface area contributed by atoms with Gasteiger partial charge in [-0.2, -0.15) is 8.42 Å². The lowest BCUT2D eigenvalue weighted by Gasteiger charge is -2.13. The van der Waals surface area contributed by atoms with Gasteiger partial charge in [0.25, 0.3) is 14.4 Å². The Morgan fingerprint density at radius 1 is 1.24 bits per heavy atom. The Morgan fingerprint density at radius 2 is 1.90 bits per heavy atom. The molecule has 0 spiro atoms. The Kier molecular flexibility index (Phi) is 4.40. The molecule has 0 bridgehead atoms. The smallest absolute Gasteiger partial charge is 0.291 e. The van der Waals surface area contributed by atoms with Gasteiger partial charge in [-0.1, -0.05) is 22.9 Å². The van der Waals surface area contributed by atoms with Crippen LogP contribution in [-0.2, 0) is 10.0 Å². The normalized spacial score (nSPS) is 11.2. The first-order valence-corrected chi connectivity index (χ1v) is 8.08. The summed E-state index contributed by atoms with van der Waals surface area (Å²) in [6, 6.07) is 2.84. The number of anilines is 2. The molecule has 0 saturated carbocycles. The largest absolute Gasteiger partial charge is 0.495 e. The number of hydrogen-bond acceptors (Lipinski definition) is 8. The van der Waals surface area contributed by atoms with E-state index < -0.39 is 10.0 Å². The standard InChI is InChI=1S/C10H11ClN4O4S2/c1-18-7-4-6(8(19-2)3-5(7)11)15-21(16,17)10-14-13-9(12)20-10/h3-4,15H,1-2H3,(H2,12,13). The minimum Gasteiger partial charge on any atom is -0.495 e. The second-order valence-electron chi connectivity index (χ2n) is 3.70. The van der Waals surface area contributed by atoms with Gasteiger partial charge in [-0.25, -0.2) is 0 Å². The molecule has 0 amide bonds. The molecule has 21 heavy (non-hydrogen) atoms. The second kappa shape index (κ2) is 5.92. The fourth-order valence-electron chi connectivity index (χ4n) is 1.46. The topological polar surface area (TPSA) is 116 Å². The molecule has 1 heterocycles. The van der Waals surface area contributed by atoms with Crippen LogP contribution in [0.1, 0.15) is 0 Å². The van der Waals surface area contributed by atoms with Crippen LogP contribution in [0.3, 0.4) is 0 Å². The van der Waals surface area contributed by atoms with Crippen LogP contribution in [0.2, 0.25) is 5.02 Å². The maximum Gasteiger partial charge on any atom is 0.291 e. The van der Waals surface area contributed by atoms with Gasteiger partial charge in [0.2, 0.25) is 5.13 Å². The van der Waals surface area contributed by atoms with Crippen molar-refractivity contribution in [2.24, 2.45) is 0 Å². The third kappa shape index (κ3) is 3.28. The van der Waals surface area contributed by atoms with Crippen LogP contribution in [0.4, 0.5) is 10.8 Å². The zero-order chi connectivity index (χ0) is 15.6. The molecule has 0 aliphatic rings. The van der Waals surface area contributed by atoms with Gasteiger partial charge < -0.3 is 15.2 Å². The van der Waals surface area contributed by atoms with E-state index in [1.807, 2.05) is 0 Å². The maximum atomic E-state index is 12.2. The van der Waals surface area contributed by atoms with E-state index >= 15 is 0 Å². The van der Waals surface area contributed by atoms with Crippen molar-refractivity contribution in [1.29, 1.82) is 0 Å². The molecular formula is C10H11ClN4O4S2. The van der Waals surface area contributed by atoms with Crippen molar-refractivity contribution in [1.82, 2.24) is 10.2 Å². The lowest BCUT2D eigenvalue weighted by Crippen LogP contribution is -2.13. The van der Waals surface area contributed by atoms with Crippen molar-refractivity contribution >= 4 is 43.8 Å². The molecule has 11 heteroatoms. The molecule has 0 aliphatic carbocycles. The van der Waals surface area contributed by atoms with Crippen molar-refractivity contribution in [3.63, 3.8) is 0 Å². The van der Waals surface area contributed by atoms with Crippen LogP contribution < -0.4 is 19.9 Å². The van der Waals surface area contributed by atoms with Gasteiger partial charge >= 0.3 is 0 Å². The molecule has 0 fully saturated rings. The molecular weight excluding hydrogens is 340 g/mol. The van der Waals surface area contributed by atoms with Gasteiger partial charge in [0, 0.05) is 12.1 Å². The van der Waals surface area contributed by atoms with Gasteiger partial charge in [0.15, 0.2) is 0 Å². The minimum absolute atomic E-state index is 0.0519. The summed E-state index contributed by atoms with van der Waals surface area (Å²) in [6.45, 7) is 0. The minimum atomic E-state index is -3.93. The highest BCUT2D eigenvalue weighted by atomic mass is 35.5. The molecule has 1 aromatic heterocycles. The number of methoxy groups -OCH3 is 2. The number of nitrogens with two attached hydrogens (primary N) is 1. The monoisotopic (exact) mass is 350 g/mol. The Bertz CT molecular complexity index is 762. The van der Waals surface area contributed by atoms with Gasteiger partial charge in [-0.15, -0.1) is 10.2 Å². The molecule has 3 N–H and O–H groups in total. The van der Waals surface area contributed by atoms with Crippen LogP contribution in [0.25, 0.3) is 0 Å². The van der Waals surface area contributed by atoms with Gasteiger partial charge in [0.1, 0.15) is 11.5 Å². The molecule has 0 saturated heterocycles. The Labute approximate surface area is 129 Å². The quantitative estimate of drug-likeness (QED) is 0.840. The van der Waals surface area contributed by atoms with E-state index in [-0.39, 0.29) is 25.9 Å². The fourth-order valence-corrected chi connectivity index (χ4v) is 3.54. The first-order valence-electron chi connectivity index (χ1n) is 5.40. The number of rotatable bonds is 5. The molecule has 0 radical (unpaired) electrons. The van der Waals surface area contributed by atoms with E-state index in [0.717, 1.165) is 11.3 Å². The maximum absolute atomic E-state index is 12.2. The van der Waals surface area contributed by atoms with Crippen molar-refractivity contribution in [3.05, 3.63) is 17.2 Å². The second-order valence-corrected chi connectivity index (χ2v) is 6.97. The summed E-state index contributed by atoms with van der Waals surface area (Å²) >= 11 is 6.70. The van der Waals surface area contributed by atoms with Crippen LogP contribution in [0.5, 0.6) is 11.5 Å². The number of ether oxygens (including phenoxy) is 2. The van der Waals surface area contributed by atoms with Gasteiger partial charge in [0.05, 0.1) is 24.9 Å². The third-order valence-corrected chi connectivity index (χ3v) is 5.15. The van der Waals surface area contributed by atoms with E-state index in [0.29, 0.717) is 5.75 Å². The Morgan fingerprint density at radius 3 is 2.43 bits per heavy atom. The number of aromatic nitrogens is 2. The average Bonchev–Trinajstić information content (AvgIpc) is 2.87. The summed E-state index contributed by atoms with van der Waals surface area (Å²) in [5, 5.41) is 7.30. The third-order valence-electron chi connectivity index (χ3n) is 2.37. The average molecular weight is 351 g/mol. The molecule has 2 aromatic rings. The highest BCUT2D eigenvalue weighted by molar-refractivity contribution is 7.94. The van der Waals surface area contributed by atoms with E-state index in [2.05, 4.69) is 14.9 Å². The Balaban J connectivity index is 2.43. The number of nitrogen functional groups attached to an aromatic ring is 1. The van der Waals surface area contributed by atoms with Gasteiger partial charge in [-0.3, -0.25) is 4.72 Å². The summed E-state index contributed by atoms with van der Waals surface area (Å²) in [7, 11) is -1.12. The summed E-state index contributed by atoms with van der Waals surface area (Å²) in [4.78, 5) is 0. The zero-order valence-corrected chi connectivity index (χ0v) is 13.3. The number of hydrogen-bond donors (Lipinski definition) is 2. The molecule has 0 aliphatic heterocycles. The predicted molar refractivity (Wildman–Crippen MR) is 79.7 cm³/mol. The molecule has 0 unspecified atom stereocenters. The van der Waals surface area contributed by atoms with Crippen molar-refractivity contribution in [2.75, 3.05) is 24.7 Å². The molecule has 114 valence electrons. The number of halogens is 1. The highest BCUT2D eigenvalue weighted by Gasteiger charge is 2.22. The summed E-state index contributed by atoms with van der Waals surface area (Å²) in [5.41, 5.74) is 5.54. The first kappa shape index (κ1) is 15.6. The lowest BCUT2D eigenvalue weighted by molar-refractivity contribution is 0.405. The van der Waals surface area contributed by atoms with E-state index in [1.54, 1.807) is 0 Å². The molecule has 2 rings (SSSR count). The summed E-state index contributed by atoms with van der Waals surface area (Å²) in [5.74, 6) is 0.536. The predicted octanol–water partition coefficient (Wildman–Crippen LogP) is 1.59. The number of benzene rings is 1. The van der Waals surface area contributed by atoms with Crippen molar-refractivity contribution < 1.29 is 17.9 Å². The zero-order valence-electron chi connectivity index (χ0n) is 11.0. The molecule has 0 atom stereocenters. The number of nitrogens with zero attached hydrogens (tertiary/aromatic N) is 2. The van der Waals surface area contributed by atoms with Crippen LogP contribution in [0.15, 0.2) is 16.5 Å². The molecule has 1 aromatic carbocycles. The Hall–Kier alpha value is -1.78. The fraction of sp³-hybridized carbons (Fsp3) is 0.200. The van der Waals surface area contributed by atoms with Crippen LogP contribution in [0, 0.1) is 0 Å². The van der Waals surface area contributed by atoms with Crippen molar-refractivity contribution in [2.45, 2.75) is 4.34 Å². The van der Waals surface area contributed by atoms with Crippen LogP contribution >= 0.6 is 22.9 Å². The SMILES string of the molecule is COc1cc(NS(=O)(=O)c2nnc(N)s2)c(OC)cc1Cl. The van der Waals surface area contributed by atoms with E-state index in [1.165, 1.54) is 26.4 Å². The van der Waals surface area contributed by atoms with E-state index in [4.69, 9.17) is 26.8 Å². The summed E-state index contributed by atoms with van der Waals surface area (Å²) in [6.07, 6.45) is 0. The molecule has 8 nitrogen and oxygen atoms in total. The summed E-state index contributed by atoms with van der Waals surface area (Å²) < 4.78 is 36.6. The number of sulfonamides is 1. The van der Waals surface area contributed by atoms with Crippen LogP contribution in [-0.4, -0.2) is 32.8 Å². The lowest BCUT2D eigenvalue weighted by atomic mass is 10.3. The van der Waals surface area contributed by atoms with Crippen molar-refractivity contribution in [3.8, 4) is 11.5 Å². The first-order chi connectivity index (χ1) is 9.87. The number of nitrogens with one attached hydrogen (secondary N) is 1. The van der Waals surface area contributed by atoms with E-state index in [9.17, 15) is 8.42 Å². The highest BCUT2D eigenvalue weighted by Crippen LogP contribution is 2.37.